The minimum Gasteiger partial charge on any atom is -0.338 e. The van der Waals surface area contributed by atoms with E-state index in [9.17, 15) is 9.59 Å². The molecule has 1 atom stereocenters. The number of urea groups is 1. The van der Waals surface area contributed by atoms with Crippen molar-refractivity contribution in [1.29, 1.82) is 0 Å². The number of amides is 3. The lowest BCUT2D eigenvalue weighted by Gasteiger charge is -2.22. The van der Waals surface area contributed by atoms with Gasteiger partial charge in [0.15, 0.2) is 0 Å². The van der Waals surface area contributed by atoms with E-state index in [1.165, 1.54) is 4.88 Å². The summed E-state index contributed by atoms with van der Waals surface area (Å²) in [6.45, 7) is 6.78. The summed E-state index contributed by atoms with van der Waals surface area (Å²) in [6.07, 6.45) is 0. The van der Waals surface area contributed by atoms with Gasteiger partial charge in [-0.2, -0.15) is 0 Å². The average Bonchev–Trinajstić information content (AvgIpc) is 2.88. The molecule has 0 saturated carbocycles. The van der Waals surface area contributed by atoms with E-state index in [2.05, 4.69) is 10.6 Å². The first-order valence-electron chi connectivity index (χ1n) is 6.71. The Balaban J connectivity index is 2.36. The van der Waals surface area contributed by atoms with Crippen molar-refractivity contribution in [2.45, 2.75) is 26.8 Å². The van der Waals surface area contributed by atoms with Crippen molar-refractivity contribution in [1.82, 2.24) is 15.5 Å². The van der Waals surface area contributed by atoms with Crippen LogP contribution >= 0.6 is 11.3 Å². The second-order valence-corrected chi connectivity index (χ2v) is 6.24. The fraction of sp³-hybridized carbons (Fsp3) is 0.571. The number of rotatable bonds is 6. The number of nitrogens with zero attached hydrogens (tertiary/aromatic N) is 1. The molecule has 0 fully saturated rings. The van der Waals surface area contributed by atoms with Crippen LogP contribution in [-0.4, -0.2) is 37.0 Å². The highest BCUT2D eigenvalue weighted by molar-refractivity contribution is 7.10. The van der Waals surface area contributed by atoms with Crippen molar-refractivity contribution in [3.63, 3.8) is 0 Å². The van der Waals surface area contributed by atoms with E-state index < -0.39 is 6.03 Å². The fourth-order valence-corrected chi connectivity index (χ4v) is 2.47. The lowest BCUT2D eigenvalue weighted by atomic mass is 10.2. The molecule has 5 nitrogen and oxygen atoms in total. The van der Waals surface area contributed by atoms with Crippen LogP contribution in [0.4, 0.5) is 4.79 Å². The van der Waals surface area contributed by atoms with Gasteiger partial charge in [-0.25, -0.2) is 4.79 Å². The Labute approximate surface area is 124 Å². The minimum atomic E-state index is -0.430. The summed E-state index contributed by atoms with van der Waals surface area (Å²) in [5.74, 6) is 0.0644. The van der Waals surface area contributed by atoms with Crippen LogP contribution in [0.2, 0.25) is 0 Å². The van der Waals surface area contributed by atoms with Gasteiger partial charge in [0.1, 0.15) is 0 Å². The Morgan fingerprint density at radius 3 is 2.60 bits per heavy atom. The zero-order chi connectivity index (χ0) is 15.1. The number of carbonyl (C=O) groups is 2. The monoisotopic (exact) mass is 297 g/mol. The molecule has 1 aromatic heterocycles. The topological polar surface area (TPSA) is 61.4 Å². The van der Waals surface area contributed by atoms with Gasteiger partial charge < -0.3 is 5.32 Å². The van der Waals surface area contributed by atoms with Gasteiger partial charge in [-0.1, -0.05) is 19.9 Å². The van der Waals surface area contributed by atoms with Crippen LogP contribution < -0.4 is 10.6 Å². The normalized spacial score (nSPS) is 12.5. The molecule has 0 saturated heterocycles. The van der Waals surface area contributed by atoms with Crippen LogP contribution in [0, 0.1) is 5.92 Å². The number of thiophene rings is 1. The zero-order valence-corrected chi connectivity index (χ0v) is 13.3. The smallest absolute Gasteiger partial charge is 0.321 e. The molecule has 1 rings (SSSR count). The van der Waals surface area contributed by atoms with Gasteiger partial charge in [0.05, 0.1) is 6.54 Å². The molecule has 2 N–H and O–H groups in total. The third kappa shape index (κ3) is 5.71. The summed E-state index contributed by atoms with van der Waals surface area (Å²) in [4.78, 5) is 26.4. The SMILES string of the molecule is CC(C)CNC(=O)NC(=O)CN(C)C(C)c1cccs1. The number of hydrogen-bond acceptors (Lipinski definition) is 4. The van der Waals surface area contributed by atoms with Crippen LogP contribution in [0.15, 0.2) is 17.5 Å². The van der Waals surface area contributed by atoms with E-state index in [1.807, 2.05) is 50.2 Å². The molecule has 0 aliphatic rings. The fourth-order valence-electron chi connectivity index (χ4n) is 1.62. The highest BCUT2D eigenvalue weighted by Gasteiger charge is 2.16. The van der Waals surface area contributed by atoms with E-state index in [-0.39, 0.29) is 18.5 Å². The van der Waals surface area contributed by atoms with E-state index in [1.54, 1.807) is 11.3 Å². The van der Waals surface area contributed by atoms with E-state index in [0.29, 0.717) is 12.5 Å². The maximum Gasteiger partial charge on any atom is 0.321 e. The van der Waals surface area contributed by atoms with Crippen molar-refractivity contribution < 1.29 is 9.59 Å². The molecule has 112 valence electrons. The van der Waals surface area contributed by atoms with Crippen molar-refractivity contribution in [3.05, 3.63) is 22.4 Å². The summed E-state index contributed by atoms with van der Waals surface area (Å²) in [5.41, 5.74) is 0. The molecule has 3 amide bonds. The Hall–Kier alpha value is -1.40. The average molecular weight is 297 g/mol. The predicted octanol–water partition coefficient (Wildman–Crippen LogP) is 2.22. The van der Waals surface area contributed by atoms with Gasteiger partial charge in [-0.15, -0.1) is 11.3 Å². The summed E-state index contributed by atoms with van der Waals surface area (Å²) in [5, 5.41) is 7.01. The molecule has 0 radical (unpaired) electrons. The summed E-state index contributed by atoms with van der Waals surface area (Å²) in [6, 6.07) is 3.75. The van der Waals surface area contributed by atoms with Gasteiger partial charge >= 0.3 is 6.03 Å². The number of carbonyl (C=O) groups excluding carboxylic acids is 2. The van der Waals surface area contributed by atoms with E-state index >= 15 is 0 Å². The van der Waals surface area contributed by atoms with E-state index in [0.717, 1.165) is 0 Å². The second-order valence-electron chi connectivity index (χ2n) is 5.26. The predicted molar refractivity (Wildman–Crippen MR) is 81.7 cm³/mol. The summed E-state index contributed by atoms with van der Waals surface area (Å²) < 4.78 is 0. The number of likely N-dealkylation sites (N-methyl/N-ethyl adjacent to an activating group) is 1. The lowest BCUT2D eigenvalue weighted by Crippen LogP contribution is -2.44. The standard InChI is InChI=1S/C14H23N3O2S/c1-10(2)8-15-14(19)16-13(18)9-17(4)11(3)12-6-5-7-20-12/h5-7,10-11H,8-9H2,1-4H3,(H2,15,16,18,19). The molecule has 1 aromatic rings. The first-order chi connectivity index (χ1) is 9.40. The molecule has 20 heavy (non-hydrogen) atoms. The molecule has 0 aliphatic carbocycles. The molecular weight excluding hydrogens is 274 g/mol. The number of hydrogen-bond donors (Lipinski definition) is 2. The van der Waals surface area contributed by atoms with Crippen LogP contribution in [-0.2, 0) is 4.79 Å². The third-order valence-corrected chi connectivity index (χ3v) is 3.98. The Morgan fingerprint density at radius 1 is 1.35 bits per heavy atom. The quantitative estimate of drug-likeness (QED) is 0.846. The van der Waals surface area contributed by atoms with E-state index in [4.69, 9.17) is 0 Å². The zero-order valence-electron chi connectivity index (χ0n) is 12.5. The molecular formula is C14H23N3O2S. The Bertz CT molecular complexity index is 432. The molecule has 1 heterocycles. The summed E-state index contributed by atoms with van der Waals surface area (Å²) >= 11 is 1.66. The highest BCUT2D eigenvalue weighted by atomic mass is 32.1. The van der Waals surface area contributed by atoms with Gasteiger partial charge in [0, 0.05) is 17.5 Å². The van der Waals surface area contributed by atoms with Gasteiger partial charge in [0.2, 0.25) is 5.91 Å². The molecule has 0 spiro atoms. The first kappa shape index (κ1) is 16.7. The van der Waals surface area contributed by atoms with Crippen molar-refractivity contribution in [2.24, 2.45) is 5.92 Å². The van der Waals surface area contributed by atoms with Crippen LogP contribution in [0.25, 0.3) is 0 Å². The van der Waals surface area contributed by atoms with Gasteiger partial charge in [-0.05, 0) is 31.3 Å². The van der Waals surface area contributed by atoms with Crippen molar-refractivity contribution >= 4 is 23.3 Å². The first-order valence-corrected chi connectivity index (χ1v) is 7.59. The molecule has 1 unspecified atom stereocenters. The molecule has 0 bridgehead atoms. The van der Waals surface area contributed by atoms with Crippen LogP contribution in [0.5, 0.6) is 0 Å². The molecule has 0 aliphatic heterocycles. The minimum absolute atomic E-state index is 0.152. The Morgan fingerprint density at radius 2 is 2.05 bits per heavy atom. The van der Waals surface area contributed by atoms with Gasteiger partial charge in [0.25, 0.3) is 0 Å². The van der Waals surface area contributed by atoms with Gasteiger partial charge in [-0.3, -0.25) is 15.0 Å². The highest BCUT2D eigenvalue weighted by Crippen LogP contribution is 2.22. The molecule has 0 aromatic carbocycles. The van der Waals surface area contributed by atoms with Crippen LogP contribution in [0.3, 0.4) is 0 Å². The third-order valence-electron chi connectivity index (χ3n) is 2.93. The number of imide groups is 1. The maximum atomic E-state index is 11.8. The van der Waals surface area contributed by atoms with Crippen molar-refractivity contribution in [2.75, 3.05) is 20.1 Å². The maximum absolute atomic E-state index is 11.8. The molecule has 6 heteroatoms. The lowest BCUT2D eigenvalue weighted by molar-refractivity contribution is -0.121. The largest absolute Gasteiger partial charge is 0.338 e. The van der Waals surface area contributed by atoms with Crippen molar-refractivity contribution in [3.8, 4) is 0 Å². The van der Waals surface area contributed by atoms with Crippen LogP contribution in [0.1, 0.15) is 31.7 Å². The number of nitrogens with one attached hydrogen (secondary N) is 2. The second kappa shape index (κ2) is 8.01. The summed E-state index contributed by atoms with van der Waals surface area (Å²) in [7, 11) is 1.87. The Kier molecular flexibility index (Phi) is 6.67.